The maximum atomic E-state index is 13.4. The first kappa shape index (κ1) is 17.4. The number of hydrogen-bond acceptors (Lipinski definition) is 3. The number of ether oxygens (including phenoxy) is 2. The number of benzene rings is 1. The number of halogens is 1. The molecule has 1 aromatic carbocycles. The average molecular weight is 347 g/mol. The van der Waals surface area contributed by atoms with Crippen LogP contribution < -0.4 is 5.32 Å². The molecule has 4 unspecified atom stereocenters. The van der Waals surface area contributed by atoms with E-state index < -0.39 is 0 Å². The molecule has 138 valence electrons. The largest absolute Gasteiger partial charge is 0.353 e. The minimum atomic E-state index is -0.150. The van der Waals surface area contributed by atoms with Crippen molar-refractivity contribution in [2.45, 2.75) is 63.2 Å². The fourth-order valence-corrected chi connectivity index (χ4v) is 5.19. The van der Waals surface area contributed by atoms with E-state index in [1.807, 2.05) is 12.1 Å². The van der Waals surface area contributed by atoms with Gasteiger partial charge in [-0.05, 0) is 81.0 Å². The van der Waals surface area contributed by atoms with E-state index in [1.54, 1.807) is 12.1 Å². The van der Waals surface area contributed by atoms with Gasteiger partial charge >= 0.3 is 0 Å². The standard InChI is InChI=1S/C21H30FNO2/c22-19-9-7-17(8-10-19)21(15-16-5-6-18(21)14-16)23-11-3-13-25-20-4-1-2-12-24-20/h7-10,16,18,20,23H,1-6,11-15H2. The molecule has 2 saturated carbocycles. The highest BCUT2D eigenvalue weighted by Crippen LogP contribution is 2.55. The van der Waals surface area contributed by atoms with Gasteiger partial charge in [-0.3, -0.25) is 0 Å². The lowest BCUT2D eigenvalue weighted by Crippen LogP contribution is -2.47. The molecule has 2 aliphatic carbocycles. The zero-order valence-corrected chi connectivity index (χ0v) is 15.0. The summed E-state index contributed by atoms with van der Waals surface area (Å²) >= 11 is 0. The summed E-state index contributed by atoms with van der Waals surface area (Å²) in [5.74, 6) is 1.36. The molecule has 1 aliphatic heterocycles. The third kappa shape index (κ3) is 3.76. The van der Waals surface area contributed by atoms with Crippen LogP contribution in [-0.4, -0.2) is 26.0 Å². The Balaban J connectivity index is 1.33. The van der Waals surface area contributed by atoms with Crippen molar-refractivity contribution in [3.63, 3.8) is 0 Å². The summed E-state index contributed by atoms with van der Waals surface area (Å²) in [6.07, 6.45) is 9.54. The van der Waals surface area contributed by atoms with E-state index in [4.69, 9.17) is 9.47 Å². The Bertz CT molecular complexity index is 558. The van der Waals surface area contributed by atoms with Gasteiger partial charge in [-0.1, -0.05) is 18.6 Å². The molecule has 0 aromatic heterocycles. The van der Waals surface area contributed by atoms with Crippen LogP contribution in [0.15, 0.2) is 24.3 Å². The summed E-state index contributed by atoms with van der Waals surface area (Å²) in [7, 11) is 0. The van der Waals surface area contributed by atoms with E-state index in [9.17, 15) is 4.39 Å². The lowest BCUT2D eigenvalue weighted by atomic mass is 9.75. The van der Waals surface area contributed by atoms with Crippen LogP contribution in [0.4, 0.5) is 4.39 Å². The van der Waals surface area contributed by atoms with E-state index in [2.05, 4.69) is 5.32 Å². The van der Waals surface area contributed by atoms with Gasteiger partial charge in [-0.25, -0.2) is 4.39 Å². The smallest absolute Gasteiger partial charge is 0.157 e. The number of rotatable bonds is 7. The Labute approximate surface area is 150 Å². The molecule has 3 aliphatic rings. The van der Waals surface area contributed by atoms with Gasteiger partial charge in [-0.2, -0.15) is 0 Å². The van der Waals surface area contributed by atoms with Crippen LogP contribution in [0.1, 0.15) is 56.9 Å². The van der Waals surface area contributed by atoms with Crippen molar-refractivity contribution in [3.05, 3.63) is 35.6 Å². The fourth-order valence-electron chi connectivity index (χ4n) is 5.19. The predicted octanol–water partition coefficient (Wildman–Crippen LogP) is 4.36. The van der Waals surface area contributed by atoms with Crippen LogP contribution in [0.25, 0.3) is 0 Å². The number of hydrogen-bond donors (Lipinski definition) is 1. The highest BCUT2D eigenvalue weighted by Gasteiger charge is 2.51. The van der Waals surface area contributed by atoms with E-state index in [1.165, 1.54) is 37.7 Å². The van der Waals surface area contributed by atoms with E-state index in [0.29, 0.717) is 5.92 Å². The number of fused-ring (bicyclic) bond motifs is 2. The van der Waals surface area contributed by atoms with Crippen LogP contribution in [0, 0.1) is 17.7 Å². The Kier molecular flexibility index (Phi) is 5.39. The van der Waals surface area contributed by atoms with Crippen molar-refractivity contribution in [3.8, 4) is 0 Å². The molecule has 1 aromatic rings. The second kappa shape index (κ2) is 7.73. The van der Waals surface area contributed by atoms with Crippen molar-refractivity contribution in [1.82, 2.24) is 5.32 Å². The summed E-state index contributed by atoms with van der Waals surface area (Å²) in [4.78, 5) is 0. The minimum Gasteiger partial charge on any atom is -0.353 e. The van der Waals surface area contributed by atoms with Crippen molar-refractivity contribution in [1.29, 1.82) is 0 Å². The first-order valence-corrected chi connectivity index (χ1v) is 10.0. The summed E-state index contributed by atoms with van der Waals surface area (Å²) in [6, 6.07) is 7.17. The summed E-state index contributed by atoms with van der Waals surface area (Å²) in [5.41, 5.74) is 1.30. The first-order valence-electron chi connectivity index (χ1n) is 10.0. The van der Waals surface area contributed by atoms with Crippen molar-refractivity contribution in [2.24, 2.45) is 11.8 Å². The van der Waals surface area contributed by atoms with Crippen LogP contribution >= 0.6 is 0 Å². The van der Waals surface area contributed by atoms with Crippen LogP contribution in [0.2, 0.25) is 0 Å². The summed E-state index contributed by atoms with van der Waals surface area (Å²) < 4.78 is 24.8. The molecule has 2 bridgehead atoms. The van der Waals surface area contributed by atoms with Gasteiger partial charge in [0.1, 0.15) is 5.82 Å². The predicted molar refractivity (Wildman–Crippen MR) is 95.7 cm³/mol. The lowest BCUT2D eigenvalue weighted by Gasteiger charge is -2.39. The molecule has 0 radical (unpaired) electrons. The maximum absolute atomic E-state index is 13.4. The lowest BCUT2D eigenvalue weighted by molar-refractivity contribution is -0.162. The quantitative estimate of drug-likeness (QED) is 0.743. The third-order valence-electron chi connectivity index (χ3n) is 6.41. The van der Waals surface area contributed by atoms with Crippen molar-refractivity contribution in [2.75, 3.05) is 19.8 Å². The molecule has 0 spiro atoms. The molecule has 1 heterocycles. The molecule has 1 saturated heterocycles. The van der Waals surface area contributed by atoms with Gasteiger partial charge in [0, 0.05) is 12.1 Å². The van der Waals surface area contributed by atoms with Crippen molar-refractivity contribution >= 4 is 0 Å². The normalized spacial score (nSPS) is 34.5. The van der Waals surface area contributed by atoms with E-state index >= 15 is 0 Å². The zero-order valence-electron chi connectivity index (χ0n) is 15.0. The third-order valence-corrected chi connectivity index (χ3v) is 6.41. The van der Waals surface area contributed by atoms with Gasteiger partial charge in [0.05, 0.1) is 6.61 Å². The number of nitrogens with one attached hydrogen (secondary N) is 1. The highest BCUT2D eigenvalue weighted by molar-refractivity contribution is 5.29. The highest BCUT2D eigenvalue weighted by atomic mass is 19.1. The average Bonchev–Trinajstić information content (AvgIpc) is 3.25. The van der Waals surface area contributed by atoms with Gasteiger partial charge < -0.3 is 14.8 Å². The molecule has 4 rings (SSSR count). The Morgan fingerprint density at radius 3 is 2.72 bits per heavy atom. The molecule has 4 heteroatoms. The topological polar surface area (TPSA) is 30.5 Å². The molecular formula is C21H30FNO2. The molecule has 3 nitrogen and oxygen atoms in total. The van der Waals surface area contributed by atoms with E-state index in [-0.39, 0.29) is 17.6 Å². The van der Waals surface area contributed by atoms with Gasteiger partial charge in [0.2, 0.25) is 0 Å². The second-order valence-electron chi connectivity index (χ2n) is 8.01. The Hall–Kier alpha value is -0.970. The molecule has 25 heavy (non-hydrogen) atoms. The molecule has 0 amide bonds. The maximum Gasteiger partial charge on any atom is 0.157 e. The molecular weight excluding hydrogens is 317 g/mol. The van der Waals surface area contributed by atoms with E-state index in [0.717, 1.165) is 44.9 Å². The second-order valence-corrected chi connectivity index (χ2v) is 8.01. The Morgan fingerprint density at radius 1 is 1.16 bits per heavy atom. The molecule has 3 fully saturated rings. The van der Waals surface area contributed by atoms with Crippen LogP contribution in [0.5, 0.6) is 0 Å². The fraction of sp³-hybridized carbons (Fsp3) is 0.714. The zero-order chi connectivity index (χ0) is 17.1. The van der Waals surface area contributed by atoms with Crippen molar-refractivity contribution < 1.29 is 13.9 Å². The van der Waals surface area contributed by atoms with Crippen LogP contribution in [-0.2, 0) is 15.0 Å². The van der Waals surface area contributed by atoms with Gasteiger partial charge in [0.15, 0.2) is 6.29 Å². The SMILES string of the molecule is Fc1ccc(C2(NCCCOC3CCCCO3)CC3CCC2C3)cc1. The van der Waals surface area contributed by atoms with Gasteiger partial charge in [-0.15, -0.1) is 0 Å². The van der Waals surface area contributed by atoms with Gasteiger partial charge in [0.25, 0.3) is 0 Å². The van der Waals surface area contributed by atoms with Crippen LogP contribution in [0.3, 0.4) is 0 Å². The molecule has 1 N–H and O–H groups in total. The molecule has 4 atom stereocenters. The summed E-state index contributed by atoms with van der Waals surface area (Å²) in [5, 5.41) is 3.86. The monoisotopic (exact) mass is 347 g/mol. The minimum absolute atomic E-state index is 0.00213. The first-order chi connectivity index (χ1) is 12.3. The summed E-state index contributed by atoms with van der Waals surface area (Å²) in [6.45, 7) is 2.51. The Morgan fingerprint density at radius 2 is 2.04 bits per heavy atom.